The number of amides is 1. The van der Waals surface area contributed by atoms with E-state index in [-0.39, 0.29) is 11.8 Å². The number of hydrogen-bond donors (Lipinski definition) is 1. The molecule has 1 unspecified atom stereocenters. The Morgan fingerprint density at radius 1 is 0.854 bits per heavy atom. The zero-order chi connectivity index (χ0) is 28.0. The zero-order valence-electron chi connectivity index (χ0n) is 23.5. The number of anilines is 3. The van der Waals surface area contributed by atoms with Crippen LogP contribution in [0, 0.1) is 12.8 Å². The van der Waals surface area contributed by atoms with Crippen LogP contribution >= 0.6 is 0 Å². The van der Waals surface area contributed by atoms with Crippen LogP contribution < -0.4 is 15.1 Å². The summed E-state index contributed by atoms with van der Waals surface area (Å²) in [5.74, 6) is 2.03. The molecule has 4 aromatic rings. The summed E-state index contributed by atoms with van der Waals surface area (Å²) in [6.45, 7) is 8.20. The van der Waals surface area contributed by atoms with Gasteiger partial charge in [0, 0.05) is 57.4 Å². The van der Waals surface area contributed by atoms with E-state index in [1.54, 1.807) is 6.33 Å². The molecule has 1 amide bonds. The summed E-state index contributed by atoms with van der Waals surface area (Å²) < 4.78 is 0. The number of hydrogen-bond acceptors (Lipinski definition) is 8. The molecule has 4 heterocycles. The highest BCUT2D eigenvalue weighted by Gasteiger charge is 2.27. The van der Waals surface area contributed by atoms with Gasteiger partial charge in [-0.1, -0.05) is 54.6 Å². The van der Waals surface area contributed by atoms with Gasteiger partial charge < -0.3 is 15.1 Å². The van der Waals surface area contributed by atoms with Gasteiger partial charge in [0.2, 0.25) is 5.91 Å². The first kappa shape index (κ1) is 26.8. The normalized spacial score (nSPS) is 17.8. The molecular formula is C32H36N8O. The topological polar surface area (TPSA) is 90.4 Å². The van der Waals surface area contributed by atoms with Gasteiger partial charge in [0.1, 0.15) is 18.0 Å². The molecule has 2 aliphatic heterocycles. The van der Waals surface area contributed by atoms with Crippen LogP contribution in [0.2, 0.25) is 0 Å². The van der Waals surface area contributed by atoms with Gasteiger partial charge in [-0.2, -0.15) is 0 Å². The van der Waals surface area contributed by atoms with E-state index in [2.05, 4.69) is 89.6 Å². The fraction of sp³-hybridized carbons (Fsp3) is 0.344. The van der Waals surface area contributed by atoms with Crippen molar-refractivity contribution in [3.8, 4) is 11.3 Å². The maximum Gasteiger partial charge on any atom is 0.230 e. The smallest absolute Gasteiger partial charge is 0.230 e. The predicted molar refractivity (Wildman–Crippen MR) is 162 cm³/mol. The molecule has 2 fully saturated rings. The minimum Gasteiger partial charge on any atom is -0.354 e. The number of nitrogens with zero attached hydrogens (tertiary/aromatic N) is 7. The number of nitrogens with one attached hydrogen (secondary N) is 1. The van der Waals surface area contributed by atoms with Crippen LogP contribution in [0.5, 0.6) is 0 Å². The van der Waals surface area contributed by atoms with Crippen LogP contribution in [0.1, 0.15) is 24.0 Å². The Kier molecular flexibility index (Phi) is 8.13. The first-order valence-corrected chi connectivity index (χ1v) is 14.4. The molecule has 9 nitrogen and oxygen atoms in total. The van der Waals surface area contributed by atoms with Gasteiger partial charge in [0.15, 0.2) is 5.82 Å². The highest BCUT2D eigenvalue weighted by Crippen LogP contribution is 2.26. The SMILES string of the molecule is Cc1ccccc1-c1ccc(N2CCCC(C(=O)Nc3cc(N4CCN(Cc5ccccc5)CC4)ncn3)C2)nn1. The summed E-state index contributed by atoms with van der Waals surface area (Å²) >= 11 is 0. The molecular weight excluding hydrogens is 512 g/mol. The van der Waals surface area contributed by atoms with Crippen molar-refractivity contribution in [2.45, 2.75) is 26.3 Å². The van der Waals surface area contributed by atoms with E-state index in [1.165, 1.54) is 11.1 Å². The number of aryl methyl sites for hydroxylation is 1. The molecule has 9 heteroatoms. The lowest BCUT2D eigenvalue weighted by Crippen LogP contribution is -2.46. The van der Waals surface area contributed by atoms with Gasteiger partial charge in [-0.05, 0) is 43.0 Å². The van der Waals surface area contributed by atoms with Crippen molar-refractivity contribution in [1.29, 1.82) is 0 Å². The van der Waals surface area contributed by atoms with Crippen LogP contribution in [0.15, 0.2) is 79.1 Å². The fourth-order valence-electron chi connectivity index (χ4n) is 5.69. The summed E-state index contributed by atoms with van der Waals surface area (Å²) in [5, 5.41) is 12.0. The maximum absolute atomic E-state index is 13.3. The first-order valence-electron chi connectivity index (χ1n) is 14.4. The zero-order valence-corrected chi connectivity index (χ0v) is 23.5. The minimum absolute atomic E-state index is 0.0171. The van der Waals surface area contributed by atoms with Gasteiger partial charge in [-0.3, -0.25) is 9.69 Å². The number of piperidine rings is 1. The van der Waals surface area contributed by atoms with Crippen LogP contribution in [0.3, 0.4) is 0 Å². The molecule has 2 aromatic heterocycles. The molecule has 0 radical (unpaired) electrons. The molecule has 0 bridgehead atoms. The van der Waals surface area contributed by atoms with Crippen molar-refractivity contribution >= 4 is 23.4 Å². The van der Waals surface area contributed by atoms with Crippen molar-refractivity contribution in [2.24, 2.45) is 5.92 Å². The Labute approximate surface area is 241 Å². The summed E-state index contributed by atoms with van der Waals surface area (Å²) in [4.78, 5) is 29.0. The Hall–Kier alpha value is -4.37. The summed E-state index contributed by atoms with van der Waals surface area (Å²) in [6, 6.07) is 24.7. The third kappa shape index (κ3) is 6.52. The Morgan fingerprint density at radius 2 is 1.66 bits per heavy atom. The monoisotopic (exact) mass is 548 g/mol. The Morgan fingerprint density at radius 3 is 2.44 bits per heavy atom. The van der Waals surface area contributed by atoms with Gasteiger partial charge in [0.05, 0.1) is 11.6 Å². The van der Waals surface area contributed by atoms with Gasteiger partial charge in [0.25, 0.3) is 0 Å². The van der Waals surface area contributed by atoms with Crippen LogP contribution in [0.4, 0.5) is 17.5 Å². The van der Waals surface area contributed by atoms with E-state index < -0.39 is 0 Å². The molecule has 2 saturated heterocycles. The second-order valence-corrected chi connectivity index (χ2v) is 10.9. The van der Waals surface area contributed by atoms with E-state index >= 15 is 0 Å². The summed E-state index contributed by atoms with van der Waals surface area (Å²) in [5.41, 5.74) is 4.44. The van der Waals surface area contributed by atoms with Crippen LogP contribution in [-0.2, 0) is 11.3 Å². The minimum atomic E-state index is -0.151. The van der Waals surface area contributed by atoms with E-state index in [0.717, 1.165) is 75.0 Å². The number of carbonyl (C=O) groups excluding carboxylic acids is 1. The third-order valence-corrected chi connectivity index (χ3v) is 8.04. The quantitative estimate of drug-likeness (QED) is 0.363. The van der Waals surface area contributed by atoms with Gasteiger partial charge >= 0.3 is 0 Å². The Bertz CT molecular complexity index is 1450. The van der Waals surface area contributed by atoms with Crippen LogP contribution in [0.25, 0.3) is 11.3 Å². The second-order valence-electron chi connectivity index (χ2n) is 10.9. The van der Waals surface area contributed by atoms with Crippen LogP contribution in [-0.4, -0.2) is 70.2 Å². The standard InChI is InChI=1S/C32H36N8O/c1-24-8-5-6-12-27(24)28-13-14-30(37-36-28)40-15-7-11-26(22-40)32(41)35-29-20-31(34-23-33-29)39-18-16-38(17-19-39)21-25-9-3-2-4-10-25/h2-6,8-10,12-14,20,23,26H,7,11,15-19,21-22H2,1H3,(H,33,34,35,41). The molecule has 210 valence electrons. The van der Waals surface area contributed by atoms with Crippen molar-refractivity contribution in [1.82, 2.24) is 25.1 Å². The second kappa shape index (κ2) is 12.4. The van der Waals surface area contributed by atoms with Crippen molar-refractivity contribution in [3.63, 3.8) is 0 Å². The first-order chi connectivity index (χ1) is 20.1. The average Bonchev–Trinajstić information content (AvgIpc) is 3.02. The molecule has 1 atom stereocenters. The molecule has 1 N–H and O–H groups in total. The highest BCUT2D eigenvalue weighted by molar-refractivity contribution is 5.92. The maximum atomic E-state index is 13.3. The van der Waals surface area contributed by atoms with E-state index in [0.29, 0.717) is 12.4 Å². The fourth-order valence-corrected chi connectivity index (χ4v) is 5.69. The van der Waals surface area contributed by atoms with Gasteiger partial charge in [-0.15, -0.1) is 10.2 Å². The summed E-state index contributed by atoms with van der Waals surface area (Å²) in [7, 11) is 0. The number of benzene rings is 2. The lowest BCUT2D eigenvalue weighted by atomic mass is 9.97. The summed E-state index contributed by atoms with van der Waals surface area (Å²) in [6.07, 6.45) is 3.29. The average molecular weight is 549 g/mol. The molecule has 0 spiro atoms. The lowest BCUT2D eigenvalue weighted by Gasteiger charge is -2.35. The van der Waals surface area contributed by atoms with Gasteiger partial charge in [-0.25, -0.2) is 9.97 Å². The van der Waals surface area contributed by atoms with Crippen molar-refractivity contribution in [2.75, 3.05) is 54.4 Å². The van der Waals surface area contributed by atoms with E-state index in [4.69, 9.17) is 0 Å². The molecule has 0 aliphatic carbocycles. The van der Waals surface area contributed by atoms with Crippen molar-refractivity contribution in [3.05, 3.63) is 90.3 Å². The molecule has 2 aliphatic rings. The predicted octanol–water partition coefficient (Wildman–Crippen LogP) is 4.42. The molecule has 6 rings (SSSR count). The number of piperazine rings is 1. The molecule has 41 heavy (non-hydrogen) atoms. The van der Waals surface area contributed by atoms with E-state index in [9.17, 15) is 4.79 Å². The third-order valence-electron chi connectivity index (χ3n) is 8.04. The largest absolute Gasteiger partial charge is 0.354 e. The number of rotatable bonds is 7. The number of aromatic nitrogens is 4. The van der Waals surface area contributed by atoms with E-state index in [1.807, 2.05) is 30.3 Å². The molecule has 0 saturated carbocycles. The highest BCUT2D eigenvalue weighted by atomic mass is 16.2. The Balaban J connectivity index is 1.04. The van der Waals surface area contributed by atoms with Crippen molar-refractivity contribution < 1.29 is 4.79 Å². The lowest BCUT2D eigenvalue weighted by molar-refractivity contribution is -0.120. The number of carbonyl (C=O) groups is 1. The molecule has 2 aromatic carbocycles.